The summed E-state index contributed by atoms with van der Waals surface area (Å²) in [5, 5.41) is 2.68. The molecule has 16 heavy (non-hydrogen) atoms. The topological polar surface area (TPSA) is 55.6 Å². The fourth-order valence-electron chi connectivity index (χ4n) is 1.45. The standard InChI is InChI=1S/C12H12N2O2/c1-9(15)14(13)16-12-8-4-6-10-5-2-3-7-11(10)12/h2-8H,13H2,1H3. The first-order valence-corrected chi connectivity index (χ1v) is 4.89. The SMILES string of the molecule is CC(=O)N(N)Oc1cccc2ccccc12. The molecule has 2 rings (SSSR count). The van der Waals surface area contributed by atoms with Crippen molar-refractivity contribution in [3.63, 3.8) is 0 Å². The minimum Gasteiger partial charge on any atom is -0.361 e. The molecule has 0 radical (unpaired) electrons. The van der Waals surface area contributed by atoms with Gasteiger partial charge in [-0.15, -0.1) is 5.17 Å². The van der Waals surface area contributed by atoms with Crippen LogP contribution in [0.25, 0.3) is 10.8 Å². The van der Waals surface area contributed by atoms with E-state index in [9.17, 15) is 4.79 Å². The van der Waals surface area contributed by atoms with Crippen LogP contribution in [0.1, 0.15) is 6.92 Å². The molecule has 4 nitrogen and oxygen atoms in total. The molecule has 0 unspecified atom stereocenters. The maximum Gasteiger partial charge on any atom is 0.269 e. The summed E-state index contributed by atoms with van der Waals surface area (Å²) in [5.74, 6) is 5.61. The summed E-state index contributed by atoms with van der Waals surface area (Å²) < 4.78 is 0. The number of carbonyl (C=O) groups is 1. The summed E-state index contributed by atoms with van der Waals surface area (Å²) in [6, 6.07) is 13.3. The van der Waals surface area contributed by atoms with Crippen LogP contribution in [0, 0.1) is 0 Å². The van der Waals surface area contributed by atoms with Crippen LogP contribution in [-0.2, 0) is 4.79 Å². The Morgan fingerprint density at radius 1 is 1.19 bits per heavy atom. The second kappa shape index (κ2) is 4.20. The number of rotatable bonds is 2. The van der Waals surface area contributed by atoms with Crippen molar-refractivity contribution in [3.8, 4) is 5.75 Å². The van der Waals surface area contributed by atoms with Crippen LogP contribution < -0.4 is 10.7 Å². The maximum absolute atomic E-state index is 11.0. The average molecular weight is 216 g/mol. The Kier molecular flexibility index (Phi) is 2.74. The van der Waals surface area contributed by atoms with E-state index in [0.717, 1.165) is 15.9 Å². The molecule has 0 aliphatic carbocycles. The van der Waals surface area contributed by atoms with Gasteiger partial charge < -0.3 is 4.84 Å². The van der Waals surface area contributed by atoms with Gasteiger partial charge in [-0.3, -0.25) is 4.79 Å². The zero-order valence-electron chi connectivity index (χ0n) is 8.88. The van der Waals surface area contributed by atoms with Crippen molar-refractivity contribution in [1.29, 1.82) is 0 Å². The lowest BCUT2D eigenvalue weighted by molar-refractivity contribution is -0.155. The fourth-order valence-corrected chi connectivity index (χ4v) is 1.45. The number of hydrogen-bond acceptors (Lipinski definition) is 3. The number of hydrogen-bond donors (Lipinski definition) is 1. The zero-order chi connectivity index (χ0) is 11.5. The molecule has 0 heterocycles. The van der Waals surface area contributed by atoms with Gasteiger partial charge in [-0.1, -0.05) is 36.4 Å². The third kappa shape index (κ3) is 1.97. The molecule has 0 saturated heterocycles. The predicted molar refractivity (Wildman–Crippen MR) is 61.3 cm³/mol. The van der Waals surface area contributed by atoms with E-state index in [1.165, 1.54) is 6.92 Å². The van der Waals surface area contributed by atoms with Crippen LogP contribution in [0.5, 0.6) is 5.75 Å². The van der Waals surface area contributed by atoms with Gasteiger partial charge in [-0.05, 0) is 11.5 Å². The zero-order valence-corrected chi connectivity index (χ0v) is 8.88. The summed E-state index contributed by atoms with van der Waals surface area (Å²) >= 11 is 0. The number of hydrazine groups is 1. The molecule has 0 aliphatic rings. The smallest absolute Gasteiger partial charge is 0.269 e. The first kappa shape index (κ1) is 10.4. The van der Waals surface area contributed by atoms with E-state index in [0.29, 0.717) is 5.75 Å². The molecule has 2 N–H and O–H groups in total. The molecule has 82 valence electrons. The molecule has 0 bridgehead atoms. The predicted octanol–water partition coefficient (Wildman–Crippen LogP) is 1.86. The summed E-state index contributed by atoms with van der Waals surface area (Å²) in [6.45, 7) is 1.34. The van der Waals surface area contributed by atoms with Gasteiger partial charge in [0.1, 0.15) is 0 Å². The van der Waals surface area contributed by atoms with E-state index >= 15 is 0 Å². The Labute approximate surface area is 93.1 Å². The van der Waals surface area contributed by atoms with Crippen LogP contribution >= 0.6 is 0 Å². The number of amides is 1. The first-order chi connectivity index (χ1) is 7.68. The number of fused-ring (bicyclic) bond motifs is 1. The second-order valence-corrected chi connectivity index (χ2v) is 3.41. The van der Waals surface area contributed by atoms with Gasteiger partial charge in [0.15, 0.2) is 5.75 Å². The van der Waals surface area contributed by atoms with Gasteiger partial charge in [-0.2, -0.15) is 0 Å². The fraction of sp³-hybridized carbons (Fsp3) is 0.0833. The van der Waals surface area contributed by atoms with Gasteiger partial charge >= 0.3 is 0 Å². The summed E-state index contributed by atoms with van der Waals surface area (Å²) in [6.07, 6.45) is 0. The van der Waals surface area contributed by atoms with Gasteiger partial charge in [0.2, 0.25) is 0 Å². The minimum absolute atomic E-state index is 0.354. The molecule has 1 amide bonds. The van der Waals surface area contributed by atoms with Crippen molar-refractivity contribution in [2.45, 2.75) is 6.92 Å². The normalized spacial score (nSPS) is 10.1. The average Bonchev–Trinajstić information content (AvgIpc) is 2.29. The van der Waals surface area contributed by atoms with Gasteiger partial charge in [-0.25, -0.2) is 5.84 Å². The quantitative estimate of drug-likeness (QED) is 0.473. The van der Waals surface area contributed by atoms with Crippen molar-refractivity contribution >= 4 is 16.7 Å². The van der Waals surface area contributed by atoms with Gasteiger partial charge in [0.05, 0.1) is 0 Å². The molecule has 0 aromatic heterocycles. The molecule has 2 aromatic rings. The Hall–Kier alpha value is -2.07. The highest BCUT2D eigenvalue weighted by Crippen LogP contribution is 2.25. The summed E-state index contributed by atoms with van der Waals surface area (Å²) in [7, 11) is 0. The van der Waals surface area contributed by atoms with Crippen molar-refractivity contribution in [2.24, 2.45) is 5.84 Å². The van der Waals surface area contributed by atoms with E-state index in [4.69, 9.17) is 10.7 Å². The minimum atomic E-state index is -0.354. The molecular formula is C12H12N2O2. The van der Waals surface area contributed by atoms with Crippen LogP contribution in [-0.4, -0.2) is 11.1 Å². The lowest BCUT2D eigenvalue weighted by atomic mass is 10.1. The Bertz CT molecular complexity index is 520. The van der Waals surface area contributed by atoms with Crippen LogP contribution in [0.4, 0.5) is 0 Å². The number of carbonyl (C=O) groups excluding carboxylic acids is 1. The summed E-state index contributed by atoms with van der Waals surface area (Å²) in [4.78, 5) is 16.2. The highest BCUT2D eigenvalue weighted by atomic mass is 16.7. The molecule has 0 saturated carbocycles. The van der Waals surface area contributed by atoms with Crippen molar-refractivity contribution < 1.29 is 9.63 Å². The molecular weight excluding hydrogens is 204 g/mol. The van der Waals surface area contributed by atoms with Gasteiger partial charge in [0.25, 0.3) is 5.91 Å². The van der Waals surface area contributed by atoms with E-state index in [2.05, 4.69) is 0 Å². The highest BCUT2D eigenvalue weighted by Gasteiger charge is 2.07. The van der Waals surface area contributed by atoms with Crippen molar-refractivity contribution in [3.05, 3.63) is 42.5 Å². The Morgan fingerprint density at radius 2 is 1.88 bits per heavy atom. The largest absolute Gasteiger partial charge is 0.361 e. The number of benzene rings is 2. The molecule has 0 atom stereocenters. The number of nitrogens with two attached hydrogens (primary N) is 1. The number of hydroxylamine groups is 1. The molecule has 4 heteroatoms. The van der Waals surface area contributed by atoms with Crippen LogP contribution in [0.2, 0.25) is 0 Å². The van der Waals surface area contributed by atoms with E-state index in [1.54, 1.807) is 6.07 Å². The summed E-state index contributed by atoms with van der Waals surface area (Å²) in [5.41, 5.74) is 0. The molecule has 0 fully saturated rings. The van der Waals surface area contributed by atoms with Crippen molar-refractivity contribution in [2.75, 3.05) is 0 Å². The van der Waals surface area contributed by atoms with E-state index in [-0.39, 0.29) is 5.91 Å². The van der Waals surface area contributed by atoms with Crippen molar-refractivity contribution in [1.82, 2.24) is 5.17 Å². The van der Waals surface area contributed by atoms with E-state index in [1.807, 2.05) is 36.4 Å². The molecule has 2 aromatic carbocycles. The molecule has 0 aliphatic heterocycles. The van der Waals surface area contributed by atoms with Crippen LogP contribution in [0.3, 0.4) is 0 Å². The second-order valence-electron chi connectivity index (χ2n) is 3.41. The molecule has 0 spiro atoms. The third-order valence-corrected chi connectivity index (χ3v) is 2.26. The monoisotopic (exact) mass is 216 g/mol. The third-order valence-electron chi connectivity index (χ3n) is 2.26. The lowest BCUT2D eigenvalue weighted by Crippen LogP contribution is -2.38. The number of nitrogens with zero attached hydrogens (tertiary/aromatic N) is 1. The highest BCUT2D eigenvalue weighted by molar-refractivity contribution is 5.88. The Balaban J connectivity index is 2.41. The Morgan fingerprint density at radius 3 is 2.62 bits per heavy atom. The van der Waals surface area contributed by atoms with E-state index < -0.39 is 0 Å². The first-order valence-electron chi connectivity index (χ1n) is 4.89. The maximum atomic E-state index is 11.0. The van der Waals surface area contributed by atoms with Crippen LogP contribution in [0.15, 0.2) is 42.5 Å². The lowest BCUT2D eigenvalue weighted by Gasteiger charge is -2.15. The van der Waals surface area contributed by atoms with Gasteiger partial charge in [0, 0.05) is 12.3 Å².